The number of carbonyl (C=O) groups is 2. The van der Waals surface area contributed by atoms with Crippen molar-refractivity contribution >= 4 is 11.9 Å². The monoisotopic (exact) mass is 309 g/mol. The van der Waals surface area contributed by atoms with Gasteiger partial charge in [-0.25, -0.2) is 0 Å². The number of hydrogen-bond donors (Lipinski definition) is 1. The maximum atomic E-state index is 12.1. The Bertz CT molecular complexity index is 515. The smallest absolute Gasteiger partial charge is 0.308 e. The Kier molecular flexibility index (Phi) is 5.91. The second kappa shape index (κ2) is 7.91. The van der Waals surface area contributed by atoms with E-state index in [9.17, 15) is 9.59 Å². The van der Waals surface area contributed by atoms with Crippen molar-refractivity contribution in [2.45, 2.75) is 51.9 Å². The molecule has 0 bridgehead atoms. The number of carboxylic acids is 1. The minimum Gasteiger partial charge on any atom is -0.481 e. The molecule has 1 amide bonds. The van der Waals surface area contributed by atoms with Crippen LogP contribution >= 0.6 is 0 Å². The standard InChI is InChI=1S/C15H23N3O4/c1-2-5-12-16-13(22-17-12)7-3-8-14(19)18-9-4-6-11(10-18)15(20)21/h11H,2-10H2,1H3,(H,20,21)/t11-/m1/s1. The topological polar surface area (TPSA) is 96.5 Å². The number of piperidine rings is 1. The highest BCUT2D eigenvalue weighted by atomic mass is 16.5. The average Bonchev–Trinajstić information content (AvgIpc) is 2.95. The van der Waals surface area contributed by atoms with Crippen molar-refractivity contribution in [3.05, 3.63) is 11.7 Å². The summed E-state index contributed by atoms with van der Waals surface area (Å²) in [6, 6.07) is 0. The summed E-state index contributed by atoms with van der Waals surface area (Å²) in [6.07, 6.45) is 4.79. The maximum absolute atomic E-state index is 12.1. The van der Waals surface area contributed by atoms with Crippen LogP contribution < -0.4 is 0 Å². The molecule has 0 aromatic carbocycles. The normalized spacial score (nSPS) is 18.4. The highest BCUT2D eigenvalue weighted by molar-refractivity contribution is 5.78. The van der Waals surface area contributed by atoms with Crippen molar-refractivity contribution in [2.24, 2.45) is 5.92 Å². The molecule has 22 heavy (non-hydrogen) atoms. The van der Waals surface area contributed by atoms with Crippen LogP contribution in [0.4, 0.5) is 0 Å². The lowest BCUT2D eigenvalue weighted by Gasteiger charge is -2.30. The van der Waals surface area contributed by atoms with Gasteiger partial charge >= 0.3 is 5.97 Å². The molecule has 122 valence electrons. The van der Waals surface area contributed by atoms with Crippen LogP contribution in [0.15, 0.2) is 4.52 Å². The lowest BCUT2D eigenvalue weighted by molar-refractivity contribution is -0.145. The quantitative estimate of drug-likeness (QED) is 0.823. The van der Waals surface area contributed by atoms with E-state index in [-0.39, 0.29) is 5.91 Å². The van der Waals surface area contributed by atoms with Crippen LogP contribution in [0.5, 0.6) is 0 Å². The molecule has 1 aromatic heterocycles. The van der Waals surface area contributed by atoms with Crippen molar-refractivity contribution in [1.29, 1.82) is 0 Å². The van der Waals surface area contributed by atoms with E-state index in [1.165, 1.54) is 0 Å². The van der Waals surface area contributed by atoms with Crippen LogP contribution in [-0.2, 0) is 22.4 Å². The van der Waals surface area contributed by atoms with Crippen LogP contribution in [0, 0.1) is 5.92 Å². The van der Waals surface area contributed by atoms with Gasteiger partial charge in [0.25, 0.3) is 0 Å². The lowest BCUT2D eigenvalue weighted by Crippen LogP contribution is -2.42. The molecule has 0 aliphatic carbocycles. The van der Waals surface area contributed by atoms with E-state index in [2.05, 4.69) is 17.1 Å². The van der Waals surface area contributed by atoms with E-state index in [0.717, 1.165) is 19.3 Å². The largest absolute Gasteiger partial charge is 0.481 e. The van der Waals surface area contributed by atoms with E-state index in [0.29, 0.717) is 50.5 Å². The lowest BCUT2D eigenvalue weighted by atomic mass is 9.98. The Morgan fingerprint density at radius 3 is 2.95 bits per heavy atom. The highest BCUT2D eigenvalue weighted by Crippen LogP contribution is 2.18. The summed E-state index contributed by atoms with van der Waals surface area (Å²) in [5.74, 6) is 0.0544. The van der Waals surface area contributed by atoms with Crippen molar-refractivity contribution < 1.29 is 19.2 Å². The van der Waals surface area contributed by atoms with Gasteiger partial charge in [0.05, 0.1) is 5.92 Å². The van der Waals surface area contributed by atoms with Gasteiger partial charge in [-0.1, -0.05) is 12.1 Å². The summed E-state index contributed by atoms with van der Waals surface area (Å²) in [6.45, 7) is 3.04. The van der Waals surface area contributed by atoms with Gasteiger partial charge in [0.2, 0.25) is 11.8 Å². The minimum absolute atomic E-state index is 0.0132. The fraction of sp³-hybridized carbons (Fsp3) is 0.733. The van der Waals surface area contributed by atoms with Gasteiger partial charge in [0.1, 0.15) is 0 Å². The predicted molar refractivity (Wildman–Crippen MR) is 78.2 cm³/mol. The number of aromatic nitrogens is 2. The number of amides is 1. The zero-order chi connectivity index (χ0) is 15.9. The summed E-state index contributed by atoms with van der Waals surface area (Å²) in [4.78, 5) is 29.1. The van der Waals surface area contributed by atoms with Gasteiger partial charge in [0.15, 0.2) is 5.82 Å². The van der Waals surface area contributed by atoms with Gasteiger partial charge in [0, 0.05) is 32.4 Å². The molecule has 0 unspecified atom stereocenters. The molecule has 2 heterocycles. The van der Waals surface area contributed by atoms with E-state index in [4.69, 9.17) is 9.63 Å². The van der Waals surface area contributed by atoms with Crippen molar-refractivity contribution in [1.82, 2.24) is 15.0 Å². The number of carboxylic acid groups (broad SMARTS) is 1. The number of carbonyl (C=O) groups excluding carboxylic acids is 1. The number of hydrogen-bond acceptors (Lipinski definition) is 5. The molecule has 1 aliphatic rings. The Labute approximate surface area is 129 Å². The Morgan fingerprint density at radius 2 is 2.23 bits per heavy atom. The number of likely N-dealkylation sites (tertiary alicyclic amines) is 1. The summed E-state index contributed by atoms with van der Waals surface area (Å²) >= 11 is 0. The molecule has 7 heteroatoms. The van der Waals surface area contributed by atoms with Crippen molar-refractivity contribution in [3.63, 3.8) is 0 Å². The highest BCUT2D eigenvalue weighted by Gasteiger charge is 2.27. The van der Waals surface area contributed by atoms with E-state index in [1.54, 1.807) is 4.90 Å². The van der Waals surface area contributed by atoms with Crippen molar-refractivity contribution in [2.75, 3.05) is 13.1 Å². The maximum Gasteiger partial charge on any atom is 0.308 e. The molecule has 0 radical (unpaired) electrons. The molecular formula is C15H23N3O4. The summed E-state index contributed by atoms with van der Waals surface area (Å²) in [5.41, 5.74) is 0. The first-order chi connectivity index (χ1) is 10.6. The van der Waals surface area contributed by atoms with E-state index >= 15 is 0 Å². The summed E-state index contributed by atoms with van der Waals surface area (Å²) in [7, 11) is 0. The molecule has 1 atom stereocenters. The van der Waals surface area contributed by atoms with Crippen LogP contribution in [0.1, 0.15) is 50.7 Å². The van der Waals surface area contributed by atoms with Crippen LogP contribution in [0.25, 0.3) is 0 Å². The fourth-order valence-corrected chi connectivity index (χ4v) is 2.67. The third-order valence-electron chi connectivity index (χ3n) is 3.89. The molecule has 1 aromatic rings. The fourth-order valence-electron chi connectivity index (χ4n) is 2.67. The second-order valence-electron chi connectivity index (χ2n) is 5.73. The first-order valence-electron chi connectivity index (χ1n) is 7.92. The van der Waals surface area contributed by atoms with Gasteiger partial charge < -0.3 is 14.5 Å². The van der Waals surface area contributed by atoms with Gasteiger partial charge in [-0.15, -0.1) is 0 Å². The molecule has 7 nitrogen and oxygen atoms in total. The molecule has 1 N–H and O–H groups in total. The van der Waals surface area contributed by atoms with Gasteiger partial charge in [-0.2, -0.15) is 4.98 Å². The van der Waals surface area contributed by atoms with E-state index in [1.807, 2.05) is 0 Å². The first kappa shape index (κ1) is 16.5. The van der Waals surface area contributed by atoms with Crippen LogP contribution in [0.3, 0.4) is 0 Å². The first-order valence-corrected chi connectivity index (χ1v) is 7.92. The molecule has 1 aliphatic heterocycles. The SMILES string of the molecule is CCCc1noc(CCCC(=O)N2CCC[C@@H](C(=O)O)C2)n1. The molecule has 2 rings (SSSR count). The summed E-state index contributed by atoms with van der Waals surface area (Å²) < 4.78 is 5.13. The van der Waals surface area contributed by atoms with E-state index < -0.39 is 11.9 Å². The van der Waals surface area contributed by atoms with Crippen LogP contribution in [-0.4, -0.2) is 45.1 Å². The van der Waals surface area contributed by atoms with Crippen LogP contribution in [0.2, 0.25) is 0 Å². The zero-order valence-corrected chi connectivity index (χ0v) is 13.0. The number of aryl methyl sites for hydroxylation is 2. The average molecular weight is 309 g/mol. The molecule has 1 saturated heterocycles. The molecule has 0 spiro atoms. The molecule has 0 saturated carbocycles. The molecular weight excluding hydrogens is 286 g/mol. The third-order valence-corrected chi connectivity index (χ3v) is 3.89. The third kappa shape index (κ3) is 4.54. The molecule has 1 fully saturated rings. The Morgan fingerprint density at radius 1 is 1.41 bits per heavy atom. The predicted octanol–water partition coefficient (Wildman–Crippen LogP) is 1.67. The Hall–Kier alpha value is -1.92. The minimum atomic E-state index is -0.813. The second-order valence-corrected chi connectivity index (χ2v) is 5.73. The van der Waals surface area contributed by atoms with Gasteiger partial charge in [-0.3, -0.25) is 9.59 Å². The van der Waals surface area contributed by atoms with Crippen molar-refractivity contribution in [3.8, 4) is 0 Å². The summed E-state index contributed by atoms with van der Waals surface area (Å²) in [5, 5.41) is 12.9. The Balaban J connectivity index is 1.73. The van der Waals surface area contributed by atoms with Gasteiger partial charge in [-0.05, 0) is 25.7 Å². The number of aliphatic carboxylic acids is 1. The number of nitrogens with zero attached hydrogens (tertiary/aromatic N) is 3. The zero-order valence-electron chi connectivity index (χ0n) is 13.0. The number of rotatable bonds is 7.